The lowest BCUT2D eigenvalue weighted by Crippen LogP contribution is -2.10. The summed E-state index contributed by atoms with van der Waals surface area (Å²) in [4.78, 5) is 17.6. The van der Waals surface area contributed by atoms with E-state index in [9.17, 15) is 4.79 Å². The third kappa shape index (κ3) is 3.53. The van der Waals surface area contributed by atoms with Gasteiger partial charge in [-0.3, -0.25) is 0 Å². The number of pyridine rings is 1. The number of aromatic nitrogens is 2. The van der Waals surface area contributed by atoms with Crippen LogP contribution >= 0.6 is 0 Å². The highest BCUT2D eigenvalue weighted by Crippen LogP contribution is 2.31. The Morgan fingerprint density at radius 2 is 1.79 bits per heavy atom. The second-order valence-electron chi connectivity index (χ2n) is 7.44. The van der Waals surface area contributed by atoms with Crippen molar-refractivity contribution >= 4 is 17.1 Å². The lowest BCUT2D eigenvalue weighted by atomic mass is 10.0. The molecule has 0 unspecified atom stereocenters. The van der Waals surface area contributed by atoms with Crippen LogP contribution in [-0.4, -0.2) is 16.1 Å². The normalized spacial score (nSPS) is 11.4. The van der Waals surface area contributed by atoms with Crippen molar-refractivity contribution in [1.82, 2.24) is 10.1 Å². The Morgan fingerprint density at radius 1 is 1.07 bits per heavy atom. The zero-order chi connectivity index (χ0) is 20.7. The third-order valence-electron chi connectivity index (χ3n) is 4.91. The molecule has 0 aliphatic rings. The number of esters is 1. The molecule has 6 heteroatoms. The fraction of sp³-hybridized carbons (Fsp3) is 0.261. The van der Waals surface area contributed by atoms with Gasteiger partial charge in [0.25, 0.3) is 5.71 Å². The van der Waals surface area contributed by atoms with E-state index in [1.165, 1.54) is 5.56 Å². The van der Waals surface area contributed by atoms with Crippen LogP contribution in [-0.2, 0) is 0 Å². The molecule has 148 valence electrons. The van der Waals surface area contributed by atoms with Gasteiger partial charge in [-0.25, -0.2) is 9.78 Å². The smallest absolute Gasteiger partial charge is 0.344 e. The Bertz CT molecular complexity index is 1200. The molecular weight excluding hydrogens is 368 g/mol. The number of nitrogens with zero attached hydrogens (tertiary/aromatic N) is 2. The number of fused-ring (bicyclic) bond motifs is 1. The minimum Gasteiger partial charge on any atom is -0.466 e. The molecule has 0 saturated heterocycles. The first-order valence-electron chi connectivity index (χ1n) is 9.50. The van der Waals surface area contributed by atoms with Crippen LogP contribution in [0.1, 0.15) is 52.9 Å². The van der Waals surface area contributed by atoms with Crippen molar-refractivity contribution in [1.29, 1.82) is 0 Å². The number of ether oxygens (including phenoxy) is 1. The molecule has 6 nitrogen and oxygen atoms in total. The molecular formula is C23H22N2O4. The summed E-state index contributed by atoms with van der Waals surface area (Å²) in [6.07, 6.45) is 0. The zero-order valence-corrected chi connectivity index (χ0v) is 17.1. The molecule has 0 spiro atoms. The Morgan fingerprint density at radius 3 is 2.41 bits per heavy atom. The fourth-order valence-corrected chi connectivity index (χ4v) is 3.36. The minimum atomic E-state index is -0.486. The molecule has 0 aliphatic carbocycles. The summed E-state index contributed by atoms with van der Waals surface area (Å²) < 4.78 is 16.6. The van der Waals surface area contributed by atoms with E-state index in [1.54, 1.807) is 25.1 Å². The topological polar surface area (TPSA) is 78.4 Å². The summed E-state index contributed by atoms with van der Waals surface area (Å²) in [6.45, 7) is 9.72. The van der Waals surface area contributed by atoms with Crippen LogP contribution in [0.2, 0.25) is 0 Å². The van der Waals surface area contributed by atoms with Crippen LogP contribution in [0.5, 0.6) is 5.75 Å². The van der Waals surface area contributed by atoms with E-state index in [0.717, 1.165) is 11.3 Å². The van der Waals surface area contributed by atoms with Crippen molar-refractivity contribution in [2.24, 2.45) is 0 Å². The standard InChI is InChI=1S/C23H22N2O4/c1-12(2)16-6-8-17(9-7-16)28-23(26)19-11-20(18-10-13(3)27-15(18)5)24-22-21(19)14(4)25-29-22/h6-12H,1-5H3. The number of hydrogen-bond donors (Lipinski definition) is 0. The Hall–Kier alpha value is -3.41. The zero-order valence-electron chi connectivity index (χ0n) is 17.1. The number of rotatable bonds is 4. The molecule has 0 saturated carbocycles. The number of aryl methyl sites for hydroxylation is 3. The molecule has 0 fully saturated rings. The SMILES string of the molecule is Cc1cc(-c2cc(C(=O)Oc3ccc(C(C)C)cc3)c3c(C)noc3n2)c(C)o1. The van der Waals surface area contributed by atoms with E-state index < -0.39 is 5.97 Å². The summed E-state index contributed by atoms with van der Waals surface area (Å²) in [5.41, 5.74) is 3.79. The average Bonchev–Trinajstić information content (AvgIpc) is 3.23. The first kappa shape index (κ1) is 18.9. The van der Waals surface area contributed by atoms with Gasteiger partial charge in [0.05, 0.1) is 22.3 Å². The maximum absolute atomic E-state index is 13.0. The number of carbonyl (C=O) groups excluding carboxylic acids is 1. The summed E-state index contributed by atoms with van der Waals surface area (Å²) >= 11 is 0. The average molecular weight is 390 g/mol. The molecule has 0 atom stereocenters. The lowest BCUT2D eigenvalue weighted by molar-refractivity contribution is 0.0736. The molecule has 3 heterocycles. The molecule has 1 aromatic carbocycles. The summed E-state index contributed by atoms with van der Waals surface area (Å²) in [6, 6.07) is 11.1. The monoisotopic (exact) mass is 390 g/mol. The highest BCUT2D eigenvalue weighted by atomic mass is 16.5. The minimum absolute atomic E-state index is 0.292. The van der Waals surface area contributed by atoms with Gasteiger partial charge in [0.2, 0.25) is 0 Å². The van der Waals surface area contributed by atoms with Gasteiger partial charge >= 0.3 is 5.97 Å². The molecule has 0 N–H and O–H groups in total. The van der Waals surface area contributed by atoms with E-state index in [1.807, 2.05) is 32.0 Å². The van der Waals surface area contributed by atoms with Gasteiger partial charge in [0.1, 0.15) is 17.3 Å². The molecule has 0 radical (unpaired) electrons. The van der Waals surface area contributed by atoms with Crippen LogP contribution in [0.3, 0.4) is 0 Å². The van der Waals surface area contributed by atoms with Crippen molar-refractivity contribution in [3.8, 4) is 17.0 Å². The van der Waals surface area contributed by atoms with Crippen molar-refractivity contribution < 1.29 is 18.5 Å². The van der Waals surface area contributed by atoms with E-state index in [4.69, 9.17) is 13.7 Å². The fourth-order valence-electron chi connectivity index (χ4n) is 3.36. The maximum Gasteiger partial charge on any atom is 0.344 e. The molecule has 0 bridgehead atoms. The van der Waals surface area contributed by atoms with Crippen LogP contribution in [0, 0.1) is 20.8 Å². The Labute approximate surface area is 168 Å². The molecule has 4 aromatic rings. The van der Waals surface area contributed by atoms with Crippen molar-refractivity contribution in [2.75, 3.05) is 0 Å². The van der Waals surface area contributed by atoms with E-state index in [2.05, 4.69) is 24.0 Å². The number of furan rings is 1. The van der Waals surface area contributed by atoms with Crippen LogP contribution in [0.15, 0.2) is 45.3 Å². The van der Waals surface area contributed by atoms with E-state index in [-0.39, 0.29) is 0 Å². The predicted molar refractivity (Wildman–Crippen MR) is 109 cm³/mol. The van der Waals surface area contributed by atoms with Gasteiger partial charge in [-0.15, -0.1) is 0 Å². The quantitative estimate of drug-likeness (QED) is 0.326. The Balaban J connectivity index is 1.76. The molecule has 4 rings (SSSR count). The second kappa shape index (κ2) is 7.20. The van der Waals surface area contributed by atoms with Gasteiger partial charge in [-0.2, -0.15) is 0 Å². The largest absolute Gasteiger partial charge is 0.466 e. The summed E-state index contributed by atoms with van der Waals surface area (Å²) in [5.74, 6) is 1.88. The summed E-state index contributed by atoms with van der Waals surface area (Å²) in [7, 11) is 0. The van der Waals surface area contributed by atoms with Crippen LogP contribution in [0.25, 0.3) is 22.4 Å². The second-order valence-corrected chi connectivity index (χ2v) is 7.44. The number of benzene rings is 1. The molecule has 0 aliphatic heterocycles. The maximum atomic E-state index is 13.0. The molecule has 0 amide bonds. The highest BCUT2D eigenvalue weighted by Gasteiger charge is 2.22. The van der Waals surface area contributed by atoms with E-state index >= 15 is 0 Å². The predicted octanol–water partition coefficient (Wildman–Crippen LogP) is 5.75. The van der Waals surface area contributed by atoms with Gasteiger partial charge in [0.15, 0.2) is 0 Å². The lowest BCUT2D eigenvalue weighted by Gasteiger charge is -2.09. The Kier molecular flexibility index (Phi) is 4.70. The van der Waals surface area contributed by atoms with E-state index in [0.29, 0.717) is 45.5 Å². The number of carbonyl (C=O) groups is 1. The first-order chi connectivity index (χ1) is 13.8. The number of hydrogen-bond acceptors (Lipinski definition) is 6. The van der Waals surface area contributed by atoms with Crippen molar-refractivity contribution in [2.45, 2.75) is 40.5 Å². The molecule has 29 heavy (non-hydrogen) atoms. The van der Waals surface area contributed by atoms with Gasteiger partial charge in [-0.1, -0.05) is 31.1 Å². The highest BCUT2D eigenvalue weighted by molar-refractivity contribution is 6.05. The van der Waals surface area contributed by atoms with Crippen LogP contribution < -0.4 is 4.74 Å². The summed E-state index contributed by atoms with van der Waals surface area (Å²) in [5, 5.41) is 4.52. The first-order valence-corrected chi connectivity index (χ1v) is 9.50. The van der Waals surface area contributed by atoms with Crippen LogP contribution in [0.4, 0.5) is 0 Å². The third-order valence-corrected chi connectivity index (χ3v) is 4.91. The van der Waals surface area contributed by atoms with Gasteiger partial charge < -0.3 is 13.7 Å². The molecule has 3 aromatic heterocycles. The van der Waals surface area contributed by atoms with Gasteiger partial charge in [-0.05, 0) is 56.5 Å². The van der Waals surface area contributed by atoms with Crippen molar-refractivity contribution in [3.63, 3.8) is 0 Å². The van der Waals surface area contributed by atoms with Crippen molar-refractivity contribution in [3.05, 3.63) is 64.7 Å². The van der Waals surface area contributed by atoms with Gasteiger partial charge in [0, 0.05) is 5.56 Å².